The van der Waals surface area contributed by atoms with Crippen LogP contribution in [0.15, 0.2) is 42.5 Å². The van der Waals surface area contributed by atoms with E-state index in [-0.39, 0.29) is 0 Å². The van der Waals surface area contributed by atoms with Gasteiger partial charge in [-0.05, 0) is 50.7 Å². The zero-order chi connectivity index (χ0) is 14.9. The molecule has 0 amide bonds. The molecule has 3 heteroatoms. The quantitative estimate of drug-likeness (QED) is 0.706. The number of rotatable bonds is 9. The van der Waals surface area contributed by atoms with E-state index in [1.807, 2.05) is 11.3 Å². The first-order valence-corrected chi connectivity index (χ1v) is 8.60. The molecule has 0 aliphatic heterocycles. The molecule has 1 N–H and O–H groups in total. The van der Waals surface area contributed by atoms with E-state index in [4.69, 9.17) is 0 Å². The highest BCUT2D eigenvalue weighted by Gasteiger charge is 2.01. The van der Waals surface area contributed by atoms with Crippen LogP contribution in [0.2, 0.25) is 0 Å². The van der Waals surface area contributed by atoms with Crippen LogP contribution < -0.4 is 5.32 Å². The summed E-state index contributed by atoms with van der Waals surface area (Å²) in [4.78, 5) is 5.32. The lowest BCUT2D eigenvalue weighted by Gasteiger charge is -2.16. The number of nitrogens with one attached hydrogen (secondary N) is 1. The van der Waals surface area contributed by atoms with Crippen LogP contribution in [0, 0.1) is 0 Å². The first kappa shape index (κ1) is 16.2. The van der Waals surface area contributed by atoms with Gasteiger partial charge in [0.2, 0.25) is 0 Å². The van der Waals surface area contributed by atoms with Crippen LogP contribution in [0.4, 0.5) is 0 Å². The summed E-state index contributed by atoms with van der Waals surface area (Å²) in [5, 5.41) is 3.54. The van der Waals surface area contributed by atoms with E-state index in [1.54, 1.807) is 0 Å². The van der Waals surface area contributed by atoms with Crippen molar-refractivity contribution in [2.75, 3.05) is 20.1 Å². The molecule has 2 aromatic rings. The molecule has 114 valence electrons. The van der Waals surface area contributed by atoms with E-state index in [1.165, 1.54) is 21.7 Å². The molecule has 0 fully saturated rings. The first-order chi connectivity index (χ1) is 10.3. The molecule has 2 nitrogen and oxygen atoms in total. The topological polar surface area (TPSA) is 15.3 Å². The lowest BCUT2D eigenvalue weighted by atomic mass is 10.2. The second-order valence-corrected chi connectivity index (χ2v) is 6.73. The molecule has 0 bridgehead atoms. The Morgan fingerprint density at radius 3 is 2.52 bits per heavy atom. The van der Waals surface area contributed by atoms with Crippen molar-refractivity contribution in [1.29, 1.82) is 0 Å². The fourth-order valence-corrected chi connectivity index (χ4v) is 3.29. The number of aryl methyl sites for hydroxylation is 1. The van der Waals surface area contributed by atoms with Gasteiger partial charge in [-0.25, -0.2) is 0 Å². The van der Waals surface area contributed by atoms with Gasteiger partial charge in [0, 0.05) is 22.8 Å². The molecule has 21 heavy (non-hydrogen) atoms. The number of nitrogens with zero attached hydrogens (tertiary/aromatic N) is 1. The fraction of sp³-hybridized carbons (Fsp3) is 0.444. The number of benzene rings is 1. The van der Waals surface area contributed by atoms with Gasteiger partial charge in [-0.3, -0.25) is 0 Å². The lowest BCUT2D eigenvalue weighted by Crippen LogP contribution is -2.23. The van der Waals surface area contributed by atoms with Crippen LogP contribution in [0.1, 0.15) is 28.7 Å². The van der Waals surface area contributed by atoms with E-state index in [0.717, 1.165) is 32.6 Å². The standard InChI is InChI=1S/C18H26N2S/c1-3-17-10-11-18(21-17)14-19-12-7-13-20(2)15-16-8-5-4-6-9-16/h4-6,8-11,19H,3,7,12-15H2,1-2H3. The van der Waals surface area contributed by atoms with Crippen molar-refractivity contribution in [3.63, 3.8) is 0 Å². The third-order valence-electron chi connectivity index (χ3n) is 3.55. The highest BCUT2D eigenvalue weighted by molar-refractivity contribution is 7.11. The Bertz CT molecular complexity index is 507. The maximum Gasteiger partial charge on any atom is 0.0299 e. The minimum absolute atomic E-state index is 1.01. The van der Waals surface area contributed by atoms with Gasteiger partial charge in [0.1, 0.15) is 0 Å². The summed E-state index contributed by atoms with van der Waals surface area (Å²) >= 11 is 1.93. The monoisotopic (exact) mass is 302 g/mol. The maximum absolute atomic E-state index is 3.54. The van der Waals surface area contributed by atoms with Gasteiger partial charge in [0.25, 0.3) is 0 Å². The van der Waals surface area contributed by atoms with Crippen molar-refractivity contribution >= 4 is 11.3 Å². The van der Waals surface area contributed by atoms with Gasteiger partial charge in [0.05, 0.1) is 0 Å². The van der Waals surface area contributed by atoms with Crippen LogP contribution in [0.25, 0.3) is 0 Å². The SMILES string of the molecule is CCc1ccc(CNCCCN(C)Cc2ccccc2)s1. The van der Waals surface area contributed by atoms with Gasteiger partial charge in [-0.2, -0.15) is 0 Å². The van der Waals surface area contributed by atoms with E-state index >= 15 is 0 Å². The molecule has 0 saturated carbocycles. The fourth-order valence-electron chi connectivity index (χ4n) is 2.37. The molecule has 0 atom stereocenters. The summed E-state index contributed by atoms with van der Waals surface area (Å²) in [6.45, 7) is 6.47. The van der Waals surface area contributed by atoms with E-state index in [2.05, 4.69) is 66.7 Å². The van der Waals surface area contributed by atoms with Gasteiger partial charge < -0.3 is 10.2 Å². The second kappa shape index (κ2) is 8.98. The van der Waals surface area contributed by atoms with Crippen LogP contribution in [0.3, 0.4) is 0 Å². The van der Waals surface area contributed by atoms with E-state index in [9.17, 15) is 0 Å². The van der Waals surface area contributed by atoms with Crippen LogP contribution in [-0.4, -0.2) is 25.0 Å². The predicted octanol–water partition coefficient (Wildman–Crippen LogP) is 3.92. The average Bonchev–Trinajstić information content (AvgIpc) is 2.96. The Morgan fingerprint density at radius 1 is 1.05 bits per heavy atom. The molecular weight excluding hydrogens is 276 g/mol. The average molecular weight is 302 g/mol. The maximum atomic E-state index is 3.54. The molecule has 0 spiro atoms. The van der Waals surface area contributed by atoms with Crippen molar-refractivity contribution in [3.05, 3.63) is 57.8 Å². The Morgan fingerprint density at radius 2 is 1.81 bits per heavy atom. The van der Waals surface area contributed by atoms with Gasteiger partial charge in [0.15, 0.2) is 0 Å². The Hall–Kier alpha value is -1.16. The molecule has 1 aromatic heterocycles. The summed E-state index contributed by atoms with van der Waals surface area (Å²) in [5.74, 6) is 0. The molecule has 2 rings (SSSR count). The molecule has 0 aliphatic carbocycles. The highest BCUT2D eigenvalue weighted by atomic mass is 32.1. The molecular formula is C18H26N2S. The number of hydrogen-bond acceptors (Lipinski definition) is 3. The Kier molecular flexibility index (Phi) is 6.93. The van der Waals surface area contributed by atoms with Crippen LogP contribution in [0.5, 0.6) is 0 Å². The summed E-state index contributed by atoms with van der Waals surface area (Å²) in [7, 11) is 2.19. The van der Waals surface area contributed by atoms with Crippen LogP contribution >= 0.6 is 11.3 Å². The molecule has 0 saturated heterocycles. The highest BCUT2D eigenvalue weighted by Crippen LogP contribution is 2.16. The van der Waals surface area contributed by atoms with Crippen molar-refractivity contribution < 1.29 is 0 Å². The first-order valence-electron chi connectivity index (χ1n) is 7.78. The Balaban J connectivity index is 1.57. The van der Waals surface area contributed by atoms with Crippen molar-refractivity contribution in [1.82, 2.24) is 10.2 Å². The zero-order valence-electron chi connectivity index (χ0n) is 13.1. The van der Waals surface area contributed by atoms with Gasteiger partial charge in [-0.15, -0.1) is 11.3 Å². The normalized spacial score (nSPS) is 11.2. The third-order valence-corrected chi connectivity index (χ3v) is 4.78. The lowest BCUT2D eigenvalue weighted by molar-refractivity contribution is 0.319. The Labute approximate surface area is 132 Å². The predicted molar refractivity (Wildman–Crippen MR) is 92.8 cm³/mol. The molecule has 0 radical (unpaired) electrons. The minimum Gasteiger partial charge on any atom is -0.312 e. The third kappa shape index (κ3) is 6.00. The molecule has 1 aromatic carbocycles. The van der Waals surface area contributed by atoms with Gasteiger partial charge in [-0.1, -0.05) is 37.3 Å². The van der Waals surface area contributed by atoms with Crippen LogP contribution in [-0.2, 0) is 19.5 Å². The van der Waals surface area contributed by atoms with E-state index in [0.29, 0.717) is 0 Å². The summed E-state index contributed by atoms with van der Waals surface area (Å²) < 4.78 is 0. The summed E-state index contributed by atoms with van der Waals surface area (Å²) in [6.07, 6.45) is 2.34. The molecule has 1 heterocycles. The largest absolute Gasteiger partial charge is 0.312 e. The zero-order valence-corrected chi connectivity index (χ0v) is 14.0. The molecule has 0 aliphatic rings. The molecule has 0 unspecified atom stereocenters. The summed E-state index contributed by atoms with van der Waals surface area (Å²) in [5.41, 5.74) is 1.39. The minimum atomic E-state index is 1.01. The van der Waals surface area contributed by atoms with Crippen molar-refractivity contribution in [2.24, 2.45) is 0 Å². The number of hydrogen-bond donors (Lipinski definition) is 1. The van der Waals surface area contributed by atoms with Gasteiger partial charge >= 0.3 is 0 Å². The number of thiophene rings is 1. The van der Waals surface area contributed by atoms with Crippen molar-refractivity contribution in [2.45, 2.75) is 32.9 Å². The summed E-state index contributed by atoms with van der Waals surface area (Å²) in [6, 6.07) is 15.2. The van der Waals surface area contributed by atoms with E-state index < -0.39 is 0 Å². The second-order valence-electron chi connectivity index (χ2n) is 5.48. The smallest absolute Gasteiger partial charge is 0.0299 e. The van der Waals surface area contributed by atoms with Crippen molar-refractivity contribution in [3.8, 4) is 0 Å².